The largest absolute Gasteiger partial charge is 0.344 e. The number of carbonyl (C=O) groups is 1. The second-order valence-corrected chi connectivity index (χ2v) is 5.51. The Hall–Kier alpha value is -2.33. The first-order chi connectivity index (χ1) is 10.7. The molecule has 22 heavy (non-hydrogen) atoms. The van der Waals surface area contributed by atoms with Crippen LogP contribution in [0.25, 0.3) is 5.65 Å². The zero-order chi connectivity index (χ0) is 15.5. The molecule has 1 unspecified atom stereocenters. The van der Waals surface area contributed by atoms with Crippen LogP contribution >= 0.6 is 11.6 Å². The van der Waals surface area contributed by atoms with Crippen molar-refractivity contribution in [1.82, 2.24) is 14.7 Å². The third-order valence-electron chi connectivity index (χ3n) is 3.58. The zero-order valence-corrected chi connectivity index (χ0v) is 12.9. The summed E-state index contributed by atoms with van der Waals surface area (Å²) in [6.07, 6.45) is 4.40. The van der Waals surface area contributed by atoms with E-state index in [-0.39, 0.29) is 11.9 Å². The Kier molecular flexibility index (Phi) is 4.11. The van der Waals surface area contributed by atoms with E-state index in [2.05, 4.69) is 10.3 Å². The predicted octanol–water partition coefficient (Wildman–Crippen LogP) is 3.87. The summed E-state index contributed by atoms with van der Waals surface area (Å²) < 4.78 is 1.83. The predicted molar refractivity (Wildman–Crippen MR) is 87.1 cm³/mol. The highest BCUT2D eigenvalue weighted by molar-refractivity contribution is 6.30. The highest BCUT2D eigenvalue weighted by Crippen LogP contribution is 2.19. The van der Waals surface area contributed by atoms with Gasteiger partial charge < -0.3 is 9.72 Å². The normalized spacial score (nSPS) is 12.3. The second kappa shape index (κ2) is 6.20. The molecule has 2 aromatic heterocycles. The molecule has 0 radical (unpaired) electrons. The van der Waals surface area contributed by atoms with E-state index in [4.69, 9.17) is 11.6 Å². The number of nitrogens with one attached hydrogen (secondary N) is 1. The summed E-state index contributed by atoms with van der Waals surface area (Å²) in [6, 6.07) is 13.1. The maximum atomic E-state index is 12.4. The SMILES string of the molecule is CCC(NC(=O)c1cn2ccccc2n1)c1ccc(Cl)cc1. The van der Waals surface area contributed by atoms with E-state index < -0.39 is 0 Å². The van der Waals surface area contributed by atoms with Gasteiger partial charge in [0.1, 0.15) is 11.3 Å². The van der Waals surface area contributed by atoms with Gasteiger partial charge in [0.15, 0.2) is 0 Å². The molecule has 1 aromatic carbocycles. The first-order valence-electron chi connectivity index (χ1n) is 7.17. The standard InChI is InChI=1S/C17H16ClN3O/c1-2-14(12-6-8-13(18)9-7-12)20-17(22)15-11-21-10-4-3-5-16(21)19-15/h3-11,14H,2H2,1H3,(H,20,22). The summed E-state index contributed by atoms with van der Waals surface area (Å²) in [4.78, 5) is 16.7. The lowest BCUT2D eigenvalue weighted by Crippen LogP contribution is -2.28. The Labute approximate surface area is 133 Å². The Morgan fingerprint density at radius 3 is 2.73 bits per heavy atom. The molecule has 0 aliphatic rings. The number of nitrogens with zero attached hydrogens (tertiary/aromatic N) is 2. The molecule has 4 nitrogen and oxygen atoms in total. The lowest BCUT2D eigenvalue weighted by atomic mass is 10.0. The third kappa shape index (κ3) is 2.97. The van der Waals surface area contributed by atoms with E-state index in [0.717, 1.165) is 17.6 Å². The van der Waals surface area contributed by atoms with E-state index in [1.165, 1.54) is 0 Å². The lowest BCUT2D eigenvalue weighted by Gasteiger charge is -2.16. The molecule has 0 saturated heterocycles. The van der Waals surface area contributed by atoms with Gasteiger partial charge >= 0.3 is 0 Å². The van der Waals surface area contributed by atoms with Gasteiger partial charge in [-0.2, -0.15) is 0 Å². The van der Waals surface area contributed by atoms with Crippen molar-refractivity contribution in [2.75, 3.05) is 0 Å². The van der Waals surface area contributed by atoms with Gasteiger partial charge in [-0.15, -0.1) is 0 Å². The van der Waals surface area contributed by atoms with Gasteiger partial charge in [-0.05, 0) is 36.2 Å². The van der Waals surface area contributed by atoms with Crippen molar-refractivity contribution in [1.29, 1.82) is 0 Å². The van der Waals surface area contributed by atoms with Crippen molar-refractivity contribution in [3.8, 4) is 0 Å². The fourth-order valence-corrected chi connectivity index (χ4v) is 2.52. The van der Waals surface area contributed by atoms with E-state index in [1.807, 2.05) is 60.0 Å². The molecule has 0 fully saturated rings. The van der Waals surface area contributed by atoms with Gasteiger partial charge in [-0.3, -0.25) is 4.79 Å². The topological polar surface area (TPSA) is 46.4 Å². The molecule has 1 N–H and O–H groups in total. The number of hydrogen-bond acceptors (Lipinski definition) is 2. The van der Waals surface area contributed by atoms with Crippen molar-refractivity contribution in [2.24, 2.45) is 0 Å². The van der Waals surface area contributed by atoms with Crippen LogP contribution in [0.4, 0.5) is 0 Å². The number of benzene rings is 1. The number of hydrogen-bond donors (Lipinski definition) is 1. The Morgan fingerprint density at radius 1 is 1.27 bits per heavy atom. The number of imidazole rings is 1. The van der Waals surface area contributed by atoms with Gasteiger partial charge in [0, 0.05) is 17.4 Å². The van der Waals surface area contributed by atoms with Gasteiger partial charge in [0.2, 0.25) is 0 Å². The summed E-state index contributed by atoms with van der Waals surface area (Å²) in [6.45, 7) is 2.03. The van der Waals surface area contributed by atoms with Crippen LogP contribution in [0.1, 0.15) is 35.4 Å². The van der Waals surface area contributed by atoms with Gasteiger partial charge in [0.25, 0.3) is 5.91 Å². The monoisotopic (exact) mass is 313 g/mol. The van der Waals surface area contributed by atoms with Crippen molar-refractivity contribution in [2.45, 2.75) is 19.4 Å². The summed E-state index contributed by atoms with van der Waals surface area (Å²) in [5.74, 6) is -0.175. The summed E-state index contributed by atoms with van der Waals surface area (Å²) >= 11 is 5.91. The summed E-state index contributed by atoms with van der Waals surface area (Å²) in [5, 5.41) is 3.71. The molecular weight excluding hydrogens is 298 g/mol. The molecule has 2 heterocycles. The lowest BCUT2D eigenvalue weighted by molar-refractivity contribution is 0.0931. The fraction of sp³-hybridized carbons (Fsp3) is 0.176. The van der Waals surface area contributed by atoms with Crippen LogP contribution in [0.5, 0.6) is 0 Å². The van der Waals surface area contributed by atoms with Crippen molar-refractivity contribution >= 4 is 23.2 Å². The van der Waals surface area contributed by atoms with Crippen LogP contribution in [-0.2, 0) is 0 Å². The van der Waals surface area contributed by atoms with Crippen molar-refractivity contribution < 1.29 is 4.79 Å². The maximum Gasteiger partial charge on any atom is 0.271 e. The molecule has 1 atom stereocenters. The minimum Gasteiger partial charge on any atom is -0.344 e. The molecule has 0 saturated carbocycles. The van der Waals surface area contributed by atoms with E-state index in [0.29, 0.717) is 10.7 Å². The number of rotatable bonds is 4. The minimum absolute atomic E-state index is 0.0606. The molecule has 0 aliphatic carbocycles. The van der Waals surface area contributed by atoms with Crippen LogP contribution in [0.2, 0.25) is 5.02 Å². The van der Waals surface area contributed by atoms with Crippen molar-refractivity contribution in [3.63, 3.8) is 0 Å². The number of aromatic nitrogens is 2. The highest BCUT2D eigenvalue weighted by Gasteiger charge is 2.16. The van der Waals surface area contributed by atoms with E-state index in [1.54, 1.807) is 6.20 Å². The fourth-order valence-electron chi connectivity index (χ4n) is 2.39. The number of carbonyl (C=O) groups excluding carboxylic acids is 1. The average molecular weight is 314 g/mol. The summed E-state index contributed by atoms with van der Waals surface area (Å²) in [7, 11) is 0. The first kappa shape index (κ1) is 14.6. The Morgan fingerprint density at radius 2 is 2.05 bits per heavy atom. The third-order valence-corrected chi connectivity index (χ3v) is 3.83. The Bertz CT molecular complexity index is 762. The van der Waals surface area contributed by atoms with Gasteiger partial charge in [-0.1, -0.05) is 36.7 Å². The Balaban J connectivity index is 1.80. The van der Waals surface area contributed by atoms with Crippen LogP contribution in [0.3, 0.4) is 0 Å². The van der Waals surface area contributed by atoms with E-state index in [9.17, 15) is 4.79 Å². The molecule has 3 aromatic rings. The van der Waals surface area contributed by atoms with Crippen LogP contribution in [-0.4, -0.2) is 15.3 Å². The number of amides is 1. The molecular formula is C17H16ClN3O. The maximum absolute atomic E-state index is 12.4. The molecule has 0 spiro atoms. The molecule has 3 rings (SSSR count). The number of pyridine rings is 1. The minimum atomic E-state index is -0.175. The second-order valence-electron chi connectivity index (χ2n) is 5.08. The summed E-state index contributed by atoms with van der Waals surface area (Å²) in [5.41, 5.74) is 2.20. The first-order valence-corrected chi connectivity index (χ1v) is 7.55. The molecule has 0 bridgehead atoms. The smallest absolute Gasteiger partial charge is 0.271 e. The van der Waals surface area contributed by atoms with E-state index >= 15 is 0 Å². The molecule has 5 heteroatoms. The molecule has 112 valence electrons. The number of fused-ring (bicyclic) bond motifs is 1. The number of halogens is 1. The molecule has 1 amide bonds. The van der Waals surface area contributed by atoms with Gasteiger partial charge in [-0.25, -0.2) is 4.98 Å². The van der Waals surface area contributed by atoms with Crippen LogP contribution < -0.4 is 5.32 Å². The van der Waals surface area contributed by atoms with Gasteiger partial charge in [0.05, 0.1) is 6.04 Å². The highest BCUT2D eigenvalue weighted by atomic mass is 35.5. The van der Waals surface area contributed by atoms with Crippen LogP contribution in [0, 0.1) is 0 Å². The quantitative estimate of drug-likeness (QED) is 0.794. The van der Waals surface area contributed by atoms with Crippen LogP contribution in [0.15, 0.2) is 54.9 Å². The average Bonchev–Trinajstić information content (AvgIpc) is 2.97. The van der Waals surface area contributed by atoms with Crippen molar-refractivity contribution in [3.05, 3.63) is 71.1 Å². The zero-order valence-electron chi connectivity index (χ0n) is 12.2. The molecule has 0 aliphatic heterocycles.